The largest absolute Gasteiger partial charge is 0.465 e. The molecule has 1 aliphatic rings. The smallest absolute Gasteiger partial charge is 0.337 e. The highest BCUT2D eigenvalue weighted by atomic mass is 32.1. The standard InChI is InChI=1S/C33H34N2O6S/c1-4-40-33-25(6-5-17-36)26(21-8-10-23(11-9-21)32(38)39-3)19-28(41-33)30(37)34-24-14-12-22(13-15-24)31-35-27-16-7-20(2)18-29(27)42-31/h7-16,18-19,25-26,33,36H,4-6,17H2,1-3H3,(H,34,37)/t25-,26-,33-/m0/s1. The quantitative estimate of drug-likeness (QED) is 0.206. The third-order valence-electron chi connectivity index (χ3n) is 7.29. The van der Waals surface area contributed by atoms with Gasteiger partial charge < -0.3 is 24.6 Å². The van der Waals surface area contributed by atoms with Gasteiger partial charge >= 0.3 is 5.97 Å². The minimum atomic E-state index is -0.678. The van der Waals surface area contributed by atoms with Crippen molar-refractivity contribution in [3.8, 4) is 10.6 Å². The zero-order valence-corrected chi connectivity index (χ0v) is 24.6. The lowest BCUT2D eigenvalue weighted by atomic mass is 9.80. The molecule has 4 aromatic rings. The summed E-state index contributed by atoms with van der Waals surface area (Å²) in [7, 11) is 1.34. The van der Waals surface area contributed by atoms with Gasteiger partial charge in [-0.25, -0.2) is 9.78 Å². The lowest BCUT2D eigenvalue weighted by Gasteiger charge is -2.37. The number of hydrogen-bond donors (Lipinski definition) is 2. The van der Waals surface area contributed by atoms with Crippen molar-refractivity contribution in [3.05, 3.63) is 95.3 Å². The minimum Gasteiger partial charge on any atom is -0.465 e. The second-order valence-corrected chi connectivity index (χ2v) is 11.2. The van der Waals surface area contributed by atoms with Crippen LogP contribution in [0.4, 0.5) is 5.69 Å². The molecule has 0 aliphatic carbocycles. The van der Waals surface area contributed by atoms with Crippen LogP contribution in [0, 0.1) is 12.8 Å². The predicted octanol–water partition coefficient (Wildman–Crippen LogP) is 6.45. The SMILES string of the molecule is CCO[C@H]1OC(C(=O)Nc2ccc(-c3nc4ccc(C)cc4s3)cc2)=C[C@@H](c2ccc(C(=O)OC)cc2)[C@@H]1CCCO. The summed E-state index contributed by atoms with van der Waals surface area (Å²) in [5.74, 6) is -1.03. The van der Waals surface area contributed by atoms with E-state index in [0.29, 0.717) is 30.7 Å². The third kappa shape index (κ3) is 6.54. The summed E-state index contributed by atoms with van der Waals surface area (Å²) in [6.45, 7) is 4.37. The molecule has 0 saturated carbocycles. The molecular weight excluding hydrogens is 552 g/mol. The summed E-state index contributed by atoms with van der Waals surface area (Å²) in [6.07, 6.45) is 2.31. The van der Waals surface area contributed by atoms with E-state index >= 15 is 0 Å². The first kappa shape index (κ1) is 29.4. The molecule has 0 saturated heterocycles. The topological polar surface area (TPSA) is 107 Å². The molecule has 218 valence electrons. The molecule has 1 aliphatic heterocycles. The van der Waals surface area contributed by atoms with Gasteiger partial charge in [0.05, 0.1) is 22.9 Å². The number of aliphatic hydroxyl groups is 1. The minimum absolute atomic E-state index is 0.0348. The number of esters is 1. The van der Waals surface area contributed by atoms with Crippen LogP contribution in [0.25, 0.3) is 20.8 Å². The molecule has 1 amide bonds. The highest BCUT2D eigenvalue weighted by molar-refractivity contribution is 7.21. The average Bonchev–Trinajstić information content (AvgIpc) is 3.43. The van der Waals surface area contributed by atoms with Crippen LogP contribution in [0.5, 0.6) is 0 Å². The van der Waals surface area contributed by atoms with Crippen LogP contribution in [0.15, 0.2) is 78.6 Å². The number of fused-ring (bicyclic) bond motifs is 1. The Hall–Kier alpha value is -4.05. The Bertz CT molecular complexity index is 1580. The summed E-state index contributed by atoms with van der Waals surface area (Å²) in [5.41, 5.74) is 5.10. The molecule has 0 radical (unpaired) electrons. The number of ether oxygens (including phenoxy) is 3. The maximum atomic E-state index is 13.4. The Kier molecular flexibility index (Phi) is 9.31. The number of rotatable bonds is 10. The molecule has 3 atom stereocenters. The van der Waals surface area contributed by atoms with Crippen molar-refractivity contribution in [3.63, 3.8) is 0 Å². The van der Waals surface area contributed by atoms with E-state index in [1.807, 2.05) is 49.4 Å². The molecule has 0 spiro atoms. The first-order valence-corrected chi connectivity index (χ1v) is 14.8. The van der Waals surface area contributed by atoms with E-state index in [1.165, 1.54) is 12.7 Å². The number of nitrogens with one attached hydrogen (secondary N) is 1. The van der Waals surface area contributed by atoms with Gasteiger partial charge in [-0.15, -0.1) is 11.3 Å². The van der Waals surface area contributed by atoms with Crippen molar-refractivity contribution in [2.75, 3.05) is 25.6 Å². The zero-order valence-electron chi connectivity index (χ0n) is 23.8. The Labute approximate surface area is 249 Å². The summed E-state index contributed by atoms with van der Waals surface area (Å²) >= 11 is 1.64. The Morgan fingerprint density at radius 1 is 1.07 bits per heavy atom. The highest BCUT2D eigenvalue weighted by Gasteiger charge is 2.38. The van der Waals surface area contributed by atoms with Crippen molar-refractivity contribution in [1.29, 1.82) is 0 Å². The van der Waals surface area contributed by atoms with Gasteiger partial charge in [0.2, 0.25) is 6.29 Å². The van der Waals surface area contributed by atoms with E-state index in [4.69, 9.17) is 19.2 Å². The van der Waals surface area contributed by atoms with Gasteiger partial charge in [-0.2, -0.15) is 0 Å². The molecule has 0 unspecified atom stereocenters. The van der Waals surface area contributed by atoms with E-state index in [0.717, 1.165) is 26.4 Å². The maximum Gasteiger partial charge on any atom is 0.337 e. The lowest BCUT2D eigenvalue weighted by molar-refractivity contribution is -0.165. The zero-order chi connectivity index (χ0) is 29.6. The van der Waals surface area contributed by atoms with Crippen molar-refractivity contribution < 1.29 is 28.9 Å². The summed E-state index contributed by atoms with van der Waals surface area (Å²) in [4.78, 5) is 30.1. The van der Waals surface area contributed by atoms with Crippen LogP contribution in [-0.2, 0) is 19.0 Å². The van der Waals surface area contributed by atoms with Gasteiger partial charge in [-0.05, 0) is 92.4 Å². The van der Waals surface area contributed by atoms with E-state index in [2.05, 4.69) is 24.4 Å². The van der Waals surface area contributed by atoms with Crippen LogP contribution >= 0.6 is 11.3 Å². The number of aliphatic hydroxyl groups excluding tert-OH is 1. The van der Waals surface area contributed by atoms with E-state index in [1.54, 1.807) is 29.5 Å². The number of aryl methyl sites for hydroxylation is 1. The normalized spacial score (nSPS) is 18.3. The van der Waals surface area contributed by atoms with Gasteiger partial charge in [-0.1, -0.05) is 18.2 Å². The lowest BCUT2D eigenvalue weighted by Crippen LogP contribution is -2.37. The van der Waals surface area contributed by atoms with E-state index in [-0.39, 0.29) is 30.1 Å². The Balaban J connectivity index is 1.38. The molecule has 1 aromatic heterocycles. The molecule has 8 nitrogen and oxygen atoms in total. The van der Waals surface area contributed by atoms with Gasteiger partial charge in [0.1, 0.15) is 5.01 Å². The number of thiazole rings is 1. The van der Waals surface area contributed by atoms with Gasteiger partial charge in [0.15, 0.2) is 5.76 Å². The number of allylic oxidation sites excluding steroid dienone is 1. The van der Waals surface area contributed by atoms with Crippen LogP contribution in [0.2, 0.25) is 0 Å². The predicted molar refractivity (Wildman–Crippen MR) is 163 cm³/mol. The number of aromatic nitrogens is 1. The Morgan fingerprint density at radius 2 is 1.83 bits per heavy atom. The van der Waals surface area contributed by atoms with Crippen molar-refractivity contribution >= 4 is 39.1 Å². The number of nitrogens with zero attached hydrogens (tertiary/aromatic N) is 1. The maximum absolute atomic E-state index is 13.4. The van der Waals surface area contributed by atoms with Gasteiger partial charge in [-0.3, -0.25) is 4.79 Å². The van der Waals surface area contributed by atoms with Crippen LogP contribution in [-0.4, -0.2) is 48.6 Å². The van der Waals surface area contributed by atoms with E-state index < -0.39 is 12.3 Å². The number of hydrogen-bond acceptors (Lipinski definition) is 8. The summed E-state index contributed by atoms with van der Waals surface area (Å²) in [5, 5.41) is 13.4. The molecule has 9 heteroatoms. The number of anilines is 1. The molecule has 2 heterocycles. The summed E-state index contributed by atoms with van der Waals surface area (Å²) < 4.78 is 18.0. The number of amides is 1. The van der Waals surface area contributed by atoms with Crippen molar-refractivity contribution in [2.24, 2.45) is 5.92 Å². The van der Waals surface area contributed by atoms with Crippen LogP contribution < -0.4 is 5.32 Å². The fraction of sp³-hybridized carbons (Fsp3) is 0.303. The fourth-order valence-corrected chi connectivity index (χ4v) is 6.22. The summed E-state index contributed by atoms with van der Waals surface area (Å²) in [6, 6.07) is 20.9. The second-order valence-electron chi connectivity index (χ2n) is 10.2. The third-order valence-corrected chi connectivity index (χ3v) is 8.35. The number of carbonyl (C=O) groups excluding carboxylic acids is 2. The van der Waals surface area contributed by atoms with Gasteiger partial charge in [0, 0.05) is 36.3 Å². The van der Waals surface area contributed by atoms with Gasteiger partial charge in [0.25, 0.3) is 5.91 Å². The molecule has 2 N–H and O–H groups in total. The first-order chi connectivity index (χ1) is 20.4. The molecule has 5 rings (SSSR count). The number of carbonyl (C=O) groups is 2. The average molecular weight is 587 g/mol. The monoisotopic (exact) mass is 586 g/mol. The number of benzene rings is 3. The van der Waals surface area contributed by atoms with Crippen LogP contribution in [0.3, 0.4) is 0 Å². The van der Waals surface area contributed by atoms with Crippen molar-refractivity contribution in [1.82, 2.24) is 4.98 Å². The number of methoxy groups -OCH3 is 1. The van der Waals surface area contributed by atoms with E-state index in [9.17, 15) is 14.7 Å². The molecule has 3 aromatic carbocycles. The Morgan fingerprint density at radius 3 is 2.52 bits per heavy atom. The molecule has 0 fully saturated rings. The molecular formula is C33H34N2O6S. The van der Waals surface area contributed by atoms with Crippen LogP contribution in [0.1, 0.15) is 47.2 Å². The second kappa shape index (κ2) is 13.3. The highest BCUT2D eigenvalue weighted by Crippen LogP contribution is 2.40. The molecule has 0 bridgehead atoms. The van der Waals surface area contributed by atoms with Crippen molar-refractivity contribution in [2.45, 2.75) is 38.9 Å². The fourth-order valence-electron chi connectivity index (χ4n) is 5.15. The first-order valence-electron chi connectivity index (χ1n) is 14.0. The molecule has 42 heavy (non-hydrogen) atoms.